The van der Waals surface area contributed by atoms with E-state index in [1.807, 2.05) is 0 Å². The molecule has 160 valence electrons. The molecule has 0 saturated carbocycles. The van der Waals surface area contributed by atoms with Gasteiger partial charge in [-0.2, -0.15) is 0 Å². The highest BCUT2D eigenvalue weighted by molar-refractivity contribution is 5.94. The smallest absolute Gasteiger partial charge is 0.338 e. The molecular formula is C23H27NO6. The van der Waals surface area contributed by atoms with Crippen LogP contribution in [0.1, 0.15) is 47.1 Å². The summed E-state index contributed by atoms with van der Waals surface area (Å²) in [6, 6.07) is 10.00. The number of fused-ring (bicyclic) bond motifs is 1. The molecule has 2 aromatic rings. The Balaban J connectivity index is 1.91. The maximum absolute atomic E-state index is 12.6. The molecule has 0 aliphatic carbocycles. The van der Waals surface area contributed by atoms with Gasteiger partial charge in [0.25, 0.3) is 5.91 Å². The Bertz CT molecular complexity index is 943. The fourth-order valence-electron chi connectivity index (χ4n) is 3.07. The van der Waals surface area contributed by atoms with Crippen molar-refractivity contribution >= 4 is 11.9 Å². The molecule has 0 fully saturated rings. The second kappa shape index (κ2) is 8.36. The first-order valence-electron chi connectivity index (χ1n) is 9.74. The molecule has 0 bridgehead atoms. The monoisotopic (exact) mass is 413 g/mol. The van der Waals surface area contributed by atoms with Crippen molar-refractivity contribution in [1.82, 2.24) is 4.90 Å². The Hall–Kier alpha value is -3.06. The van der Waals surface area contributed by atoms with Gasteiger partial charge < -0.3 is 24.2 Å². The third-order valence-electron chi connectivity index (χ3n) is 4.47. The van der Waals surface area contributed by atoms with Crippen molar-refractivity contribution in [2.45, 2.75) is 38.9 Å². The summed E-state index contributed by atoms with van der Waals surface area (Å²) >= 11 is 0. The molecule has 0 aromatic heterocycles. The summed E-state index contributed by atoms with van der Waals surface area (Å²) in [6.45, 7) is 5.25. The summed E-state index contributed by atoms with van der Waals surface area (Å²) < 4.78 is 17.2. The van der Waals surface area contributed by atoms with Gasteiger partial charge in [0.05, 0.1) is 12.2 Å². The summed E-state index contributed by atoms with van der Waals surface area (Å²) in [5.41, 5.74) is 0.982. The molecule has 1 aliphatic rings. The molecular weight excluding hydrogens is 386 g/mol. The fourth-order valence-corrected chi connectivity index (χ4v) is 3.07. The van der Waals surface area contributed by atoms with Crippen LogP contribution in [0.4, 0.5) is 0 Å². The third kappa shape index (κ3) is 4.91. The summed E-state index contributed by atoms with van der Waals surface area (Å²) in [7, 11) is 3.38. The van der Waals surface area contributed by atoms with E-state index in [0.29, 0.717) is 34.8 Å². The van der Waals surface area contributed by atoms with E-state index in [1.165, 1.54) is 4.90 Å². The van der Waals surface area contributed by atoms with Crippen LogP contribution in [-0.4, -0.2) is 54.3 Å². The Morgan fingerprint density at radius 3 is 2.37 bits per heavy atom. The highest BCUT2D eigenvalue weighted by atomic mass is 16.6. The summed E-state index contributed by atoms with van der Waals surface area (Å²) in [6.07, 6.45) is 0.0730. The third-order valence-corrected chi connectivity index (χ3v) is 4.47. The zero-order valence-corrected chi connectivity index (χ0v) is 17.9. The van der Waals surface area contributed by atoms with Crippen LogP contribution in [0.3, 0.4) is 0 Å². The van der Waals surface area contributed by atoms with Crippen LogP contribution < -0.4 is 9.47 Å². The van der Waals surface area contributed by atoms with Crippen molar-refractivity contribution in [1.29, 1.82) is 0 Å². The maximum atomic E-state index is 12.6. The summed E-state index contributed by atoms with van der Waals surface area (Å²) in [4.78, 5) is 26.1. The van der Waals surface area contributed by atoms with E-state index in [9.17, 15) is 14.7 Å². The van der Waals surface area contributed by atoms with Gasteiger partial charge in [0, 0.05) is 31.6 Å². The number of carbonyl (C=O) groups excluding carboxylic acids is 2. The van der Waals surface area contributed by atoms with E-state index in [-0.39, 0.29) is 12.5 Å². The van der Waals surface area contributed by atoms with Crippen molar-refractivity contribution in [2.24, 2.45) is 0 Å². The van der Waals surface area contributed by atoms with Gasteiger partial charge in [-0.3, -0.25) is 4.79 Å². The molecule has 0 spiro atoms. The van der Waals surface area contributed by atoms with E-state index < -0.39 is 17.7 Å². The number of rotatable bonds is 5. The molecule has 3 rings (SSSR count). The molecule has 7 heteroatoms. The summed E-state index contributed by atoms with van der Waals surface area (Å²) in [5, 5.41) is 9.48. The lowest BCUT2D eigenvalue weighted by Crippen LogP contribution is -2.24. The minimum absolute atomic E-state index is 0.103. The van der Waals surface area contributed by atoms with Crippen LogP contribution in [-0.2, 0) is 11.2 Å². The van der Waals surface area contributed by atoms with Crippen molar-refractivity contribution in [3.05, 3.63) is 53.1 Å². The Morgan fingerprint density at radius 2 is 1.80 bits per heavy atom. The maximum Gasteiger partial charge on any atom is 0.338 e. The quantitative estimate of drug-likeness (QED) is 0.756. The van der Waals surface area contributed by atoms with Crippen molar-refractivity contribution in [3.8, 4) is 17.2 Å². The Kier molecular flexibility index (Phi) is 6.03. The number of amides is 1. The molecule has 0 saturated heterocycles. The summed E-state index contributed by atoms with van der Waals surface area (Å²) in [5.74, 6) is 0.871. The minimum atomic E-state index is -0.638. The molecule has 0 radical (unpaired) electrons. The van der Waals surface area contributed by atoms with Gasteiger partial charge in [-0.15, -0.1) is 0 Å². The number of benzene rings is 2. The van der Waals surface area contributed by atoms with Crippen LogP contribution in [0.5, 0.6) is 17.2 Å². The molecule has 2 aromatic carbocycles. The van der Waals surface area contributed by atoms with Crippen LogP contribution in [0.15, 0.2) is 36.4 Å². The van der Waals surface area contributed by atoms with E-state index in [0.717, 1.165) is 5.56 Å². The molecule has 1 amide bonds. The number of ether oxygens (including phenoxy) is 3. The van der Waals surface area contributed by atoms with Gasteiger partial charge in [-0.05, 0) is 57.2 Å². The van der Waals surface area contributed by atoms with Crippen LogP contribution >= 0.6 is 0 Å². The number of carbonyl (C=O) groups is 2. The predicted molar refractivity (Wildman–Crippen MR) is 111 cm³/mol. The van der Waals surface area contributed by atoms with Crippen molar-refractivity contribution < 1.29 is 28.9 Å². The average molecular weight is 413 g/mol. The molecule has 1 unspecified atom stereocenters. The predicted octanol–water partition coefficient (Wildman–Crippen LogP) is 3.43. The first kappa shape index (κ1) is 21.6. The lowest BCUT2D eigenvalue weighted by molar-refractivity contribution is 0.00686. The number of hydrogen-bond acceptors (Lipinski definition) is 6. The molecule has 1 heterocycles. The molecule has 1 aliphatic heterocycles. The topological polar surface area (TPSA) is 85.3 Å². The highest BCUT2D eigenvalue weighted by Gasteiger charge is 2.29. The van der Waals surface area contributed by atoms with Gasteiger partial charge in [-0.25, -0.2) is 4.79 Å². The Labute approximate surface area is 176 Å². The zero-order chi connectivity index (χ0) is 22.1. The zero-order valence-electron chi connectivity index (χ0n) is 17.9. The first-order chi connectivity index (χ1) is 14.1. The number of aliphatic hydroxyl groups excluding tert-OH is 1. The molecule has 1 N–H and O–H groups in total. The largest absolute Gasteiger partial charge is 0.487 e. The van der Waals surface area contributed by atoms with Crippen molar-refractivity contribution in [2.75, 3.05) is 20.7 Å². The second-order valence-electron chi connectivity index (χ2n) is 8.41. The number of esters is 1. The Morgan fingerprint density at radius 1 is 1.13 bits per heavy atom. The SMILES string of the molecule is CN(C)C(=O)c1ccc(Oc2cc(C(=O)OC(C)(C)C)cc3c2CC(CO)O3)cc1. The van der Waals surface area contributed by atoms with Gasteiger partial charge in [-0.1, -0.05) is 0 Å². The molecule has 30 heavy (non-hydrogen) atoms. The minimum Gasteiger partial charge on any atom is -0.487 e. The average Bonchev–Trinajstić information content (AvgIpc) is 3.10. The van der Waals surface area contributed by atoms with E-state index in [1.54, 1.807) is 71.3 Å². The van der Waals surface area contributed by atoms with Gasteiger partial charge in [0.15, 0.2) is 0 Å². The lowest BCUT2D eigenvalue weighted by atomic mass is 10.1. The highest BCUT2D eigenvalue weighted by Crippen LogP contribution is 2.40. The van der Waals surface area contributed by atoms with E-state index in [4.69, 9.17) is 14.2 Å². The van der Waals surface area contributed by atoms with Crippen LogP contribution in [0.25, 0.3) is 0 Å². The molecule has 1 atom stereocenters. The van der Waals surface area contributed by atoms with Crippen LogP contribution in [0.2, 0.25) is 0 Å². The van der Waals surface area contributed by atoms with Crippen LogP contribution in [0, 0.1) is 0 Å². The lowest BCUT2D eigenvalue weighted by Gasteiger charge is -2.20. The standard InChI is InChI=1S/C23H27NO6/c1-23(2,3)30-22(27)15-10-19(18-12-17(13-25)29-20(18)11-15)28-16-8-6-14(7-9-16)21(26)24(4)5/h6-11,17,25H,12-13H2,1-5H3. The number of hydrogen-bond donors (Lipinski definition) is 1. The van der Waals surface area contributed by atoms with Gasteiger partial charge >= 0.3 is 5.97 Å². The fraction of sp³-hybridized carbons (Fsp3) is 0.391. The normalized spacial score (nSPS) is 15.2. The van der Waals surface area contributed by atoms with Crippen molar-refractivity contribution in [3.63, 3.8) is 0 Å². The second-order valence-corrected chi connectivity index (χ2v) is 8.41. The van der Waals surface area contributed by atoms with Gasteiger partial charge in [0.2, 0.25) is 0 Å². The number of nitrogens with zero attached hydrogens (tertiary/aromatic N) is 1. The first-order valence-corrected chi connectivity index (χ1v) is 9.74. The van der Waals surface area contributed by atoms with E-state index >= 15 is 0 Å². The van der Waals surface area contributed by atoms with Gasteiger partial charge in [0.1, 0.15) is 29.0 Å². The molecule has 7 nitrogen and oxygen atoms in total. The number of aliphatic hydroxyl groups is 1. The van der Waals surface area contributed by atoms with E-state index in [2.05, 4.69) is 0 Å².